The van der Waals surface area contributed by atoms with Crippen molar-refractivity contribution < 1.29 is 0 Å². The van der Waals surface area contributed by atoms with Crippen LogP contribution in [0.3, 0.4) is 0 Å². The first-order valence-electron chi connectivity index (χ1n) is 6.89. The Labute approximate surface area is 129 Å². The molecule has 1 aromatic carbocycles. The van der Waals surface area contributed by atoms with Crippen LogP contribution in [0.5, 0.6) is 0 Å². The van der Waals surface area contributed by atoms with Crippen LogP contribution >= 0.6 is 15.9 Å². The number of anilines is 2. The second kappa shape index (κ2) is 6.35. The van der Waals surface area contributed by atoms with Gasteiger partial charge in [-0.25, -0.2) is 9.97 Å². The van der Waals surface area contributed by atoms with Crippen molar-refractivity contribution in [1.82, 2.24) is 9.97 Å². The number of halogens is 1. The van der Waals surface area contributed by atoms with Crippen molar-refractivity contribution in [3.63, 3.8) is 0 Å². The van der Waals surface area contributed by atoms with Gasteiger partial charge in [-0.2, -0.15) is 0 Å². The largest absolute Gasteiger partial charge is 0.310 e. The van der Waals surface area contributed by atoms with E-state index in [1.54, 1.807) is 6.20 Å². The van der Waals surface area contributed by atoms with Crippen LogP contribution in [-0.4, -0.2) is 16.5 Å². The first-order chi connectivity index (χ1) is 9.52. The molecular formula is C16H20BrN3. The van der Waals surface area contributed by atoms with Gasteiger partial charge in [-0.15, -0.1) is 0 Å². The van der Waals surface area contributed by atoms with Gasteiger partial charge in [0.05, 0.1) is 5.69 Å². The molecule has 4 heteroatoms. The van der Waals surface area contributed by atoms with E-state index in [-0.39, 0.29) is 0 Å². The Balaban J connectivity index is 2.42. The van der Waals surface area contributed by atoms with Crippen LogP contribution in [-0.2, 0) is 0 Å². The molecule has 1 aromatic heterocycles. The smallest absolute Gasteiger partial charge is 0.230 e. The fourth-order valence-electron chi connectivity index (χ4n) is 2.09. The van der Waals surface area contributed by atoms with E-state index in [0.717, 1.165) is 28.3 Å². The monoisotopic (exact) mass is 333 g/mol. The van der Waals surface area contributed by atoms with Gasteiger partial charge in [0, 0.05) is 22.9 Å². The molecule has 2 rings (SSSR count). The van der Waals surface area contributed by atoms with Crippen LogP contribution in [0.25, 0.3) is 0 Å². The number of nitrogens with zero attached hydrogens (tertiary/aromatic N) is 3. The van der Waals surface area contributed by atoms with Crippen molar-refractivity contribution >= 4 is 27.6 Å². The summed E-state index contributed by atoms with van der Waals surface area (Å²) in [6.45, 7) is 9.30. The summed E-state index contributed by atoms with van der Waals surface area (Å²) in [5.41, 5.74) is 3.40. The summed E-state index contributed by atoms with van der Waals surface area (Å²) in [6, 6.07) is 8.39. The first kappa shape index (κ1) is 15.0. The third-order valence-corrected chi connectivity index (χ3v) is 3.90. The lowest BCUT2D eigenvalue weighted by atomic mass is 10.0. The molecule has 1 heterocycles. The molecule has 0 unspecified atom stereocenters. The molecule has 0 saturated carbocycles. The van der Waals surface area contributed by atoms with E-state index in [1.165, 1.54) is 5.56 Å². The summed E-state index contributed by atoms with van der Waals surface area (Å²) in [6.07, 6.45) is 1.80. The molecule has 106 valence electrons. The van der Waals surface area contributed by atoms with Gasteiger partial charge in [0.1, 0.15) is 0 Å². The second-order valence-corrected chi connectivity index (χ2v) is 5.96. The topological polar surface area (TPSA) is 29.0 Å². The summed E-state index contributed by atoms with van der Waals surface area (Å²) in [5, 5.41) is 0. The molecule has 2 aromatic rings. The minimum Gasteiger partial charge on any atom is -0.310 e. The predicted molar refractivity (Wildman–Crippen MR) is 87.7 cm³/mol. The third kappa shape index (κ3) is 3.18. The maximum absolute atomic E-state index is 4.51. The summed E-state index contributed by atoms with van der Waals surface area (Å²) >= 11 is 3.68. The molecule has 20 heavy (non-hydrogen) atoms. The fourth-order valence-corrected chi connectivity index (χ4v) is 2.70. The zero-order chi connectivity index (χ0) is 14.7. The molecule has 0 bridgehead atoms. The Bertz CT molecular complexity index is 596. The highest BCUT2D eigenvalue weighted by Gasteiger charge is 2.14. The minimum atomic E-state index is 0.519. The average molecular weight is 334 g/mol. The first-order valence-corrected chi connectivity index (χ1v) is 7.68. The summed E-state index contributed by atoms with van der Waals surface area (Å²) in [4.78, 5) is 11.0. The van der Waals surface area contributed by atoms with Crippen LogP contribution in [0.15, 0.2) is 34.9 Å². The van der Waals surface area contributed by atoms with Gasteiger partial charge in [0.25, 0.3) is 0 Å². The second-order valence-electron chi connectivity index (χ2n) is 5.11. The van der Waals surface area contributed by atoms with Crippen LogP contribution in [0.2, 0.25) is 0 Å². The molecule has 0 aliphatic carbocycles. The summed E-state index contributed by atoms with van der Waals surface area (Å²) in [7, 11) is 0. The maximum Gasteiger partial charge on any atom is 0.230 e. The molecule has 0 aliphatic heterocycles. The lowest BCUT2D eigenvalue weighted by molar-refractivity contribution is 0.863. The van der Waals surface area contributed by atoms with E-state index in [1.807, 2.05) is 13.0 Å². The molecular weight excluding hydrogens is 314 g/mol. The predicted octanol–water partition coefficient (Wildman–Crippen LogP) is 4.83. The lowest BCUT2D eigenvalue weighted by Crippen LogP contribution is -2.19. The van der Waals surface area contributed by atoms with Crippen molar-refractivity contribution in [3.05, 3.63) is 46.2 Å². The van der Waals surface area contributed by atoms with Crippen molar-refractivity contribution in [1.29, 1.82) is 0 Å². The Hall–Kier alpha value is -1.42. The number of hydrogen-bond donors (Lipinski definition) is 0. The van der Waals surface area contributed by atoms with Gasteiger partial charge in [-0.3, -0.25) is 0 Å². The zero-order valence-corrected chi connectivity index (χ0v) is 14.0. The van der Waals surface area contributed by atoms with E-state index >= 15 is 0 Å². The number of benzene rings is 1. The Kier molecular flexibility index (Phi) is 4.76. The van der Waals surface area contributed by atoms with Gasteiger partial charge >= 0.3 is 0 Å². The van der Waals surface area contributed by atoms with Gasteiger partial charge < -0.3 is 4.90 Å². The molecule has 3 nitrogen and oxygen atoms in total. The van der Waals surface area contributed by atoms with Gasteiger partial charge in [0.15, 0.2) is 0 Å². The highest BCUT2D eigenvalue weighted by Crippen LogP contribution is 2.32. The van der Waals surface area contributed by atoms with Crippen LogP contribution in [0.4, 0.5) is 11.6 Å². The Morgan fingerprint density at radius 2 is 2.00 bits per heavy atom. The third-order valence-electron chi connectivity index (χ3n) is 3.27. The van der Waals surface area contributed by atoms with Crippen molar-refractivity contribution in [2.75, 3.05) is 11.4 Å². The molecule has 0 amide bonds. The van der Waals surface area contributed by atoms with Gasteiger partial charge in [0.2, 0.25) is 5.95 Å². The van der Waals surface area contributed by atoms with E-state index in [0.29, 0.717) is 5.92 Å². The summed E-state index contributed by atoms with van der Waals surface area (Å²) < 4.78 is 1.08. The number of aryl methyl sites for hydroxylation is 1. The highest BCUT2D eigenvalue weighted by molar-refractivity contribution is 9.10. The molecule has 0 fully saturated rings. The van der Waals surface area contributed by atoms with E-state index < -0.39 is 0 Å². The molecule has 0 radical (unpaired) electrons. The minimum absolute atomic E-state index is 0.519. The van der Waals surface area contributed by atoms with Crippen LogP contribution in [0, 0.1) is 6.92 Å². The van der Waals surface area contributed by atoms with Crippen molar-refractivity contribution in [3.8, 4) is 0 Å². The molecule has 0 atom stereocenters. The van der Waals surface area contributed by atoms with Crippen molar-refractivity contribution in [2.24, 2.45) is 0 Å². The summed E-state index contributed by atoms with van der Waals surface area (Å²) in [5.74, 6) is 1.26. The van der Waals surface area contributed by atoms with Crippen LogP contribution in [0.1, 0.15) is 37.9 Å². The number of aromatic nitrogens is 2. The SMILES string of the molecule is CCN(c1nccc(C)n1)c1ccc(C(C)C)cc1Br. The number of rotatable bonds is 4. The maximum atomic E-state index is 4.51. The molecule has 0 N–H and O–H groups in total. The Morgan fingerprint density at radius 1 is 1.25 bits per heavy atom. The molecule has 0 saturated heterocycles. The molecule has 0 aliphatic rings. The van der Waals surface area contributed by atoms with E-state index in [9.17, 15) is 0 Å². The fraction of sp³-hybridized carbons (Fsp3) is 0.375. The van der Waals surface area contributed by atoms with Crippen molar-refractivity contribution in [2.45, 2.75) is 33.6 Å². The molecule has 0 spiro atoms. The highest BCUT2D eigenvalue weighted by atomic mass is 79.9. The normalized spacial score (nSPS) is 10.9. The number of hydrogen-bond acceptors (Lipinski definition) is 3. The standard InChI is InChI=1S/C16H20BrN3/c1-5-20(16-18-9-8-12(4)19-16)15-7-6-13(11(2)3)10-14(15)17/h6-11H,5H2,1-4H3. The van der Waals surface area contributed by atoms with Gasteiger partial charge in [-0.1, -0.05) is 19.9 Å². The zero-order valence-electron chi connectivity index (χ0n) is 12.4. The Morgan fingerprint density at radius 3 is 2.55 bits per heavy atom. The average Bonchev–Trinajstić information content (AvgIpc) is 2.41. The van der Waals surface area contributed by atoms with E-state index in [4.69, 9.17) is 0 Å². The quantitative estimate of drug-likeness (QED) is 0.802. The lowest BCUT2D eigenvalue weighted by Gasteiger charge is -2.23. The van der Waals surface area contributed by atoms with Crippen LogP contribution < -0.4 is 4.90 Å². The van der Waals surface area contributed by atoms with E-state index in [2.05, 4.69) is 69.8 Å². The van der Waals surface area contributed by atoms with Gasteiger partial charge in [-0.05, 0) is 59.5 Å².